The second-order valence-electron chi connectivity index (χ2n) is 3.93. The maximum atomic E-state index is 6.18. The SMILES string of the molecule is NC1(Cc2ccccc2Cl)CCOC1. The van der Waals surface area contributed by atoms with Crippen molar-refractivity contribution < 1.29 is 4.74 Å². The molecule has 1 aliphatic heterocycles. The van der Waals surface area contributed by atoms with Gasteiger partial charge in [0.25, 0.3) is 0 Å². The molecule has 0 bridgehead atoms. The second kappa shape index (κ2) is 3.89. The number of hydrogen-bond donors (Lipinski definition) is 1. The van der Waals surface area contributed by atoms with Gasteiger partial charge in [0.2, 0.25) is 0 Å². The fourth-order valence-electron chi connectivity index (χ4n) is 1.78. The van der Waals surface area contributed by atoms with Crippen LogP contribution in [-0.2, 0) is 11.2 Å². The lowest BCUT2D eigenvalue weighted by atomic mass is 9.91. The number of benzene rings is 1. The smallest absolute Gasteiger partial charge is 0.0650 e. The average Bonchev–Trinajstić information content (AvgIpc) is 2.57. The first kappa shape index (κ1) is 9.97. The Labute approximate surface area is 89.0 Å². The highest BCUT2D eigenvalue weighted by atomic mass is 35.5. The van der Waals surface area contributed by atoms with E-state index in [1.165, 1.54) is 0 Å². The summed E-state index contributed by atoms with van der Waals surface area (Å²) in [4.78, 5) is 0. The lowest BCUT2D eigenvalue weighted by Crippen LogP contribution is -2.42. The van der Waals surface area contributed by atoms with Gasteiger partial charge in [-0.3, -0.25) is 0 Å². The first-order valence-corrected chi connectivity index (χ1v) is 5.17. The number of ether oxygens (including phenoxy) is 1. The number of nitrogens with two attached hydrogens (primary N) is 1. The third kappa shape index (κ3) is 2.08. The van der Waals surface area contributed by atoms with Crippen molar-refractivity contribution in [3.05, 3.63) is 34.9 Å². The van der Waals surface area contributed by atoms with Crippen LogP contribution >= 0.6 is 11.6 Å². The third-order valence-corrected chi connectivity index (χ3v) is 3.00. The molecule has 2 nitrogen and oxygen atoms in total. The van der Waals surface area contributed by atoms with Gasteiger partial charge in [-0.25, -0.2) is 0 Å². The topological polar surface area (TPSA) is 35.2 Å². The summed E-state index contributed by atoms with van der Waals surface area (Å²) in [6, 6.07) is 7.84. The Morgan fingerprint density at radius 2 is 2.21 bits per heavy atom. The van der Waals surface area contributed by atoms with Crippen molar-refractivity contribution in [2.24, 2.45) is 5.73 Å². The van der Waals surface area contributed by atoms with Gasteiger partial charge in [-0.05, 0) is 24.5 Å². The maximum absolute atomic E-state index is 6.18. The fraction of sp³-hybridized carbons (Fsp3) is 0.455. The van der Waals surface area contributed by atoms with Gasteiger partial charge in [0.15, 0.2) is 0 Å². The van der Waals surface area contributed by atoms with E-state index in [0.29, 0.717) is 6.61 Å². The molecule has 2 rings (SSSR count). The van der Waals surface area contributed by atoms with E-state index in [2.05, 4.69) is 0 Å². The molecule has 0 aliphatic carbocycles. The van der Waals surface area contributed by atoms with Crippen LogP contribution in [-0.4, -0.2) is 18.8 Å². The highest BCUT2D eigenvalue weighted by Crippen LogP contribution is 2.24. The van der Waals surface area contributed by atoms with Crippen LogP contribution in [0.3, 0.4) is 0 Å². The minimum absolute atomic E-state index is 0.217. The summed E-state index contributed by atoms with van der Waals surface area (Å²) in [5.41, 5.74) is 7.07. The molecular formula is C11H14ClNO. The van der Waals surface area contributed by atoms with E-state index in [4.69, 9.17) is 22.1 Å². The maximum Gasteiger partial charge on any atom is 0.0650 e. The largest absolute Gasteiger partial charge is 0.379 e. The predicted octanol–water partition coefficient (Wildman–Crippen LogP) is 2.00. The normalized spacial score (nSPS) is 26.7. The van der Waals surface area contributed by atoms with Crippen LogP contribution in [0.25, 0.3) is 0 Å². The second-order valence-corrected chi connectivity index (χ2v) is 4.34. The van der Waals surface area contributed by atoms with Crippen LogP contribution in [0.15, 0.2) is 24.3 Å². The van der Waals surface area contributed by atoms with Crippen LogP contribution in [0.4, 0.5) is 0 Å². The van der Waals surface area contributed by atoms with Crippen molar-refractivity contribution in [3.8, 4) is 0 Å². The Kier molecular flexibility index (Phi) is 2.77. The number of halogens is 1. The molecule has 0 radical (unpaired) electrons. The quantitative estimate of drug-likeness (QED) is 0.812. The Hall–Kier alpha value is -0.570. The highest BCUT2D eigenvalue weighted by Gasteiger charge is 2.30. The summed E-state index contributed by atoms with van der Waals surface area (Å²) >= 11 is 6.07. The van der Waals surface area contributed by atoms with Gasteiger partial charge in [0.1, 0.15) is 0 Å². The molecule has 1 unspecified atom stereocenters. The van der Waals surface area contributed by atoms with Crippen LogP contribution in [0, 0.1) is 0 Å². The van der Waals surface area contributed by atoms with Gasteiger partial charge in [-0.1, -0.05) is 29.8 Å². The lowest BCUT2D eigenvalue weighted by molar-refractivity contribution is 0.178. The third-order valence-electron chi connectivity index (χ3n) is 2.63. The fourth-order valence-corrected chi connectivity index (χ4v) is 1.99. The molecule has 1 fully saturated rings. The minimum atomic E-state index is -0.217. The zero-order valence-corrected chi connectivity index (χ0v) is 8.76. The Morgan fingerprint density at radius 3 is 2.86 bits per heavy atom. The number of rotatable bonds is 2. The molecule has 1 atom stereocenters. The van der Waals surface area contributed by atoms with E-state index in [-0.39, 0.29) is 5.54 Å². The molecule has 1 aromatic carbocycles. The molecule has 1 aromatic rings. The van der Waals surface area contributed by atoms with Gasteiger partial charge in [-0.15, -0.1) is 0 Å². The zero-order valence-electron chi connectivity index (χ0n) is 8.00. The van der Waals surface area contributed by atoms with Gasteiger partial charge in [-0.2, -0.15) is 0 Å². The van der Waals surface area contributed by atoms with Crippen molar-refractivity contribution in [3.63, 3.8) is 0 Å². The van der Waals surface area contributed by atoms with E-state index >= 15 is 0 Å². The molecule has 0 spiro atoms. The molecule has 1 heterocycles. The van der Waals surface area contributed by atoms with E-state index < -0.39 is 0 Å². The van der Waals surface area contributed by atoms with Gasteiger partial charge >= 0.3 is 0 Å². The summed E-state index contributed by atoms with van der Waals surface area (Å²) in [6.07, 6.45) is 1.71. The molecule has 1 saturated heterocycles. The van der Waals surface area contributed by atoms with E-state index in [0.717, 1.165) is 30.0 Å². The molecule has 2 N–H and O–H groups in total. The van der Waals surface area contributed by atoms with E-state index in [1.807, 2.05) is 24.3 Å². The monoisotopic (exact) mass is 211 g/mol. The van der Waals surface area contributed by atoms with Crippen molar-refractivity contribution in [1.29, 1.82) is 0 Å². The summed E-state index contributed by atoms with van der Waals surface area (Å²) in [6.45, 7) is 1.40. The molecule has 0 aromatic heterocycles. The summed E-state index contributed by atoms with van der Waals surface area (Å²) in [5, 5.41) is 0.796. The van der Waals surface area contributed by atoms with Crippen LogP contribution in [0.1, 0.15) is 12.0 Å². The lowest BCUT2D eigenvalue weighted by Gasteiger charge is -2.22. The standard InChI is InChI=1S/C11H14ClNO/c12-10-4-2-1-3-9(10)7-11(13)5-6-14-8-11/h1-4H,5-8,13H2. The molecule has 0 amide bonds. The van der Waals surface area contributed by atoms with Crippen molar-refractivity contribution in [2.45, 2.75) is 18.4 Å². The summed E-state index contributed by atoms with van der Waals surface area (Å²) in [7, 11) is 0. The Morgan fingerprint density at radius 1 is 1.43 bits per heavy atom. The first-order valence-electron chi connectivity index (χ1n) is 4.80. The number of hydrogen-bond acceptors (Lipinski definition) is 2. The predicted molar refractivity (Wildman–Crippen MR) is 57.5 cm³/mol. The molecule has 3 heteroatoms. The van der Waals surface area contributed by atoms with Crippen LogP contribution < -0.4 is 5.73 Å². The average molecular weight is 212 g/mol. The van der Waals surface area contributed by atoms with Gasteiger partial charge in [0, 0.05) is 17.2 Å². The molecular weight excluding hydrogens is 198 g/mol. The molecule has 76 valence electrons. The molecule has 0 saturated carbocycles. The van der Waals surface area contributed by atoms with Gasteiger partial charge in [0.05, 0.1) is 6.61 Å². The molecule has 14 heavy (non-hydrogen) atoms. The minimum Gasteiger partial charge on any atom is -0.379 e. The summed E-state index contributed by atoms with van der Waals surface area (Å²) < 4.78 is 5.30. The van der Waals surface area contributed by atoms with E-state index in [1.54, 1.807) is 0 Å². The van der Waals surface area contributed by atoms with Crippen molar-refractivity contribution in [2.75, 3.05) is 13.2 Å². The molecule has 1 aliphatic rings. The van der Waals surface area contributed by atoms with Gasteiger partial charge < -0.3 is 10.5 Å². The first-order chi connectivity index (χ1) is 6.70. The van der Waals surface area contributed by atoms with Crippen molar-refractivity contribution in [1.82, 2.24) is 0 Å². The Balaban J connectivity index is 2.14. The Bertz CT molecular complexity index is 321. The van der Waals surface area contributed by atoms with Crippen LogP contribution in [0.2, 0.25) is 5.02 Å². The van der Waals surface area contributed by atoms with E-state index in [9.17, 15) is 0 Å². The van der Waals surface area contributed by atoms with Crippen LogP contribution in [0.5, 0.6) is 0 Å². The van der Waals surface area contributed by atoms with Crippen molar-refractivity contribution >= 4 is 11.6 Å². The highest BCUT2D eigenvalue weighted by molar-refractivity contribution is 6.31. The summed E-state index contributed by atoms with van der Waals surface area (Å²) in [5.74, 6) is 0. The zero-order chi connectivity index (χ0) is 10.0.